The summed E-state index contributed by atoms with van der Waals surface area (Å²) in [4.78, 5) is 21.0. The van der Waals surface area contributed by atoms with Crippen molar-refractivity contribution >= 4 is 22.6 Å². The zero-order chi connectivity index (χ0) is 18.0. The van der Waals surface area contributed by atoms with E-state index in [9.17, 15) is 4.79 Å². The summed E-state index contributed by atoms with van der Waals surface area (Å²) >= 11 is 0. The van der Waals surface area contributed by atoms with Crippen LogP contribution >= 0.6 is 0 Å². The Bertz CT molecular complexity index is 910. The molecule has 3 aromatic rings. The number of anilines is 1. The fraction of sp³-hybridized carbons (Fsp3) is 0.278. The third kappa shape index (κ3) is 3.26. The highest BCUT2D eigenvalue weighted by atomic mass is 16.5. The first-order valence-electron chi connectivity index (χ1n) is 7.89. The van der Waals surface area contributed by atoms with Gasteiger partial charge in [0, 0.05) is 5.39 Å². The highest BCUT2D eigenvalue weighted by molar-refractivity contribution is 6.05. The van der Waals surface area contributed by atoms with E-state index in [2.05, 4.69) is 15.3 Å². The van der Waals surface area contributed by atoms with Crippen molar-refractivity contribution in [3.63, 3.8) is 0 Å². The van der Waals surface area contributed by atoms with Gasteiger partial charge in [-0.05, 0) is 32.9 Å². The molecule has 0 saturated heterocycles. The lowest BCUT2D eigenvalue weighted by Crippen LogP contribution is -2.15. The average molecular weight is 341 g/mol. The lowest BCUT2D eigenvalue weighted by Gasteiger charge is -2.11. The molecule has 0 aliphatic carbocycles. The number of methoxy groups -OCH3 is 1. The largest absolute Gasteiger partial charge is 0.493 e. The number of nitrogens with one attached hydrogen (secondary N) is 1. The van der Waals surface area contributed by atoms with Crippen molar-refractivity contribution in [2.75, 3.05) is 19.0 Å². The van der Waals surface area contributed by atoms with E-state index in [0.717, 1.165) is 5.39 Å². The molecule has 0 atom stereocenters. The smallest absolute Gasteiger partial charge is 0.316 e. The van der Waals surface area contributed by atoms with Gasteiger partial charge < -0.3 is 19.2 Å². The molecule has 0 fully saturated rings. The van der Waals surface area contributed by atoms with E-state index in [1.807, 2.05) is 19.1 Å². The molecule has 0 bridgehead atoms. The third-order valence-corrected chi connectivity index (χ3v) is 3.71. The molecule has 0 saturated carbocycles. The number of hydrogen-bond acceptors (Lipinski definition) is 6. The van der Waals surface area contributed by atoms with Crippen molar-refractivity contribution in [1.29, 1.82) is 0 Å². The summed E-state index contributed by atoms with van der Waals surface area (Å²) in [6, 6.07) is 7.45. The van der Waals surface area contributed by atoms with Gasteiger partial charge in [0.05, 0.1) is 30.8 Å². The fourth-order valence-electron chi connectivity index (χ4n) is 2.54. The van der Waals surface area contributed by atoms with E-state index in [1.165, 1.54) is 0 Å². The van der Waals surface area contributed by atoms with E-state index >= 15 is 0 Å². The number of benzene rings is 1. The molecule has 25 heavy (non-hydrogen) atoms. The van der Waals surface area contributed by atoms with Crippen molar-refractivity contribution in [2.24, 2.45) is 0 Å². The number of aryl methyl sites for hydroxylation is 2. The van der Waals surface area contributed by atoms with Gasteiger partial charge in [-0.2, -0.15) is 9.97 Å². The maximum atomic E-state index is 12.6. The number of carbonyl (C=O) groups is 1. The van der Waals surface area contributed by atoms with Crippen LogP contribution in [0, 0.1) is 13.8 Å². The topological polar surface area (TPSA) is 86.5 Å². The Morgan fingerprint density at radius 2 is 1.96 bits per heavy atom. The first-order valence-corrected chi connectivity index (χ1v) is 7.89. The predicted molar refractivity (Wildman–Crippen MR) is 93.4 cm³/mol. The predicted octanol–water partition coefficient (Wildman–Crippen LogP) is 3.50. The summed E-state index contributed by atoms with van der Waals surface area (Å²) in [5, 5.41) is 3.60. The van der Waals surface area contributed by atoms with Gasteiger partial charge in [0.1, 0.15) is 0 Å². The molecule has 2 heterocycles. The molecule has 1 N–H and O–H groups in total. The monoisotopic (exact) mass is 341 g/mol. The minimum atomic E-state index is -0.378. The Balaban J connectivity index is 1.90. The number of ether oxygens (including phenoxy) is 2. The second-order valence-corrected chi connectivity index (χ2v) is 5.43. The van der Waals surface area contributed by atoms with Gasteiger partial charge in [0.2, 0.25) is 0 Å². The molecule has 2 aromatic heterocycles. The van der Waals surface area contributed by atoms with Gasteiger partial charge >= 0.3 is 6.01 Å². The van der Waals surface area contributed by atoms with Gasteiger partial charge in [0.15, 0.2) is 17.1 Å². The Morgan fingerprint density at radius 3 is 2.60 bits per heavy atom. The molecule has 1 aromatic carbocycles. The van der Waals surface area contributed by atoms with E-state index in [4.69, 9.17) is 13.9 Å². The van der Waals surface area contributed by atoms with Crippen LogP contribution in [0.15, 0.2) is 28.7 Å². The summed E-state index contributed by atoms with van der Waals surface area (Å²) in [6.07, 6.45) is 0. The van der Waals surface area contributed by atoms with Crippen LogP contribution in [0.25, 0.3) is 11.0 Å². The summed E-state index contributed by atoms with van der Waals surface area (Å²) < 4.78 is 16.2. The Labute approximate surface area is 145 Å². The molecule has 1 amide bonds. The van der Waals surface area contributed by atoms with Crippen LogP contribution in [0.2, 0.25) is 0 Å². The van der Waals surface area contributed by atoms with Crippen molar-refractivity contribution in [3.05, 3.63) is 41.4 Å². The van der Waals surface area contributed by atoms with Crippen LogP contribution in [0.5, 0.6) is 11.8 Å². The molecule has 0 aliphatic heterocycles. The average Bonchev–Trinajstić information content (AvgIpc) is 3.02. The lowest BCUT2D eigenvalue weighted by molar-refractivity contribution is 0.0998. The Kier molecular flexibility index (Phi) is 4.56. The van der Waals surface area contributed by atoms with Crippen LogP contribution in [0.1, 0.15) is 28.9 Å². The zero-order valence-electron chi connectivity index (χ0n) is 14.5. The maximum Gasteiger partial charge on any atom is 0.316 e. The van der Waals surface area contributed by atoms with E-state index in [1.54, 1.807) is 33.1 Å². The van der Waals surface area contributed by atoms with Gasteiger partial charge in [-0.3, -0.25) is 4.79 Å². The number of nitrogens with zero attached hydrogens (tertiary/aromatic N) is 2. The molecule has 0 aliphatic rings. The summed E-state index contributed by atoms with van der Waals surface area (Å²) in [5.74, 6) is 0.387. The van der Waals surface area contributed by atoms with Crippen LogP contribution < -0.4 is 14.8 Å². The molecule has 0 radical (unpaired) electrons. The van der Waals surface area contributed by atoms with Crippen LogP contribution in [-0.4, -0.2) is 29.6 Å². The van der Waals surface area contributed by atoms with Crippen LogP contribution in [-0.2, 0) is 0 Å². The van der Waals surface area contributed by atoms with Crippen molar-refractivity contribution < 1.29 is 18.7 Å². The second-order valence-electron chi connectivity index (χ2n) is 5.43. The number of amides is 1. The second kappa shape index (κ2) is 6.80. The molecule has 7 heteroatoms. The minimum Gasteiger partial charge on any atom is -0.493 e. The highest BCUT2D eigenvalue weighted by Crippen LogP contribution is 2.29. The third-order valence-electron chi connectivity index (χ3n) is 3.71. The van der Waals surface area contributed by atoms with Gasteiger partial charge in [0.25, 0.3) is 5.91 Å². The molecule has 3 rings (SSSR count). The Hall–Kier alpha value is -3.09. The quantitative estimate of drug-likeness (QED) is 0.764. The van der Waals surface area contributed by atoms with Crippen molar-refractivity contribution in [3.8, 4) is 11.8 Å². The number of furan rings is 1. The number of aromatic nitrogens is 2. The Morgan fingerprint density at radius 1 is 1.24 bits per heavy atom. The summed E-state index contributed by atoms with van der Waals surface area (Å²) in [7, 11) is 1.56. The van der Waals surface area contributed by atoms with Crippen LogP contribution in [0.3, 0.4) is 0 Å². The number of hydrogen-bond donors (Lipinski definition) is 1. The standard InChI is InChI=1S/C18H19N3O4/c1-5-24-18-19-10(2)15(11(3)20-18)21-17(22)14-9-12-7-6-8-13(23-4)16(12)25-14/h6-9H,5H2,1-4H3,(H,21,22). The van der Waals surface area contributed by atoms with Gasteiger partial charge in [-0.25, -0.2) is 0 Å². The highest BCUT2D eigenvalue weighted by Gasteiger charge is 2.18. The molecule has 0 unspecified atom stereocenters. The maximum absolute atomic E-state index is 12.6. The lowest BCUT2D eigenvalue weighted by atomic mass is 10.2. The zero-order valence-corrected chi connectivity index (χ0v) is 14.5. The summed E-state index contributed by atoms with van der Waals surface area (Å²) in [6.45, 7) is 5.91. The van der Waals surface area contributed by atoms with Gasteiger partial charge in [-0.15, -0.1) is 0 Å². The van der Waals surface area contributed by atoms with Crippen LogP contribution in [0.4, 0.5) is 5.69 Å². The first-order chi connectivity index (χ1) is 12.0. The molecule has 7 nitrogen and oxygen atoms in total. The molecule has 0 spiro atoms. The van der Waals surface area contributed by atoms with Crippen molar-refractivity contribution in [2.45, 2.75) is 20.8 Å². The fourth-order valence-corrected chi connectivity index (χ4v) is 2.54. The molecule has 130 valence electrons. The number of carbonyl (C=O) groups excluding carboxylic acids is 1. The normalized spacial score (nSPS) is 10.7. The number of para-hydroxylation sites is 1. The van der Waals surface area contributed by atoms with E-state index < -0.39 is 0 Å². The molecular weight excluding hydrogens is 322 g/mol. The minimum absolute atomic E-state index is 0.187. The van der Waals surface area contributed by atoms with E-state index in [-0.39, 0.29) is 11.7 Å². The number of rotatable bonds is 5. The van der Waals surface area contributed by atoms with E-state index in [0.29, 0.717) is 41.0 Å². The summed E-state index contributed by atoms with van der Waals surface area (Å²) in [5.41, 5.74) is 2.32. The molecular formula is C18H19N3O4. The van der Waals surface area contributed by atoms with Crippen molar-refractivity contribution in [1.82, 2.24) is 9.97 Å². The SMILES string of the molecule is CCOc1nc(C)c(NC(=O)c2cc3cccc(OC)c3o2)c(C)n1. The van der Waals surface area contributed by atoms with Gasteiger partial charge in [-0.1, -0.05) is 12.1 Å². The number of fused-ring (bicyclic) bond motifs is 1. The first kappa shape index (κ1) is 16.8.